The van der Waals surface area contributed by atoms with Crippen LogP contribution in [0.2, 0.25) is 0 Å². The third-order valence-electron chi connectivity index (χ3n) is 4.14. The van der Waals surface area contributed by atoms with Crippen molar-refractivity contribution < 1.29 is 14.3 Å². The molecule has 0 aliphatic carbocycles. The zero-order chi connectivity index (χ0) is 18.3. The van der Waals surface area contributed by atoms with Gasteiger partial charge in [0.05, 0.1) is 6.61 Å². The number of hydrogen-bond donors (Lipinski definition) is 1. The van der Waals surface area contributed by atoms with Crippen LogP contribution in [-0.2, 0) is 11.4 Å². The predicted molar refractivity (Wildman–Crippen MR) is 104 cm³/mol. The Morgan fingerprint density at radius 1 is 0.731 bits per heavy atom. The first-order valence-electron chi connectivity index (χ1n) is 9.45. The van der Waals surface area contributed by atoms with Crippen molar-refractivity contribution >= 4 is 6.41 Å². The van der Waals surface area contributed by atoms with E-state index >= 15 is 0 Å². The Balaban J connectivity index is 1.51. The Kier molecular flexibility index (Phi) is 9.77. The number of hydrogen-bond acceptors (Lipinski definition) is 3. The van der Waals surface area contributed by atoms with E-state index in [2.05, 4.69) is 17.4 Å². The number of benzene rings is 2. The fraction of sp³-hybridized carbons (Fsp3) is 0.409. The summed E-state index contributed by atoms with van der Waals surface area (Å²) in [5.74, 6) is 1.74. The van der Waals surface area contributed by atoms with Crippen LogP contribution in [0.15, 0.2) is 54.6 Å². The third-order valence-corrected chi connectivity index (χ3v) is 4.14. The van der Waals surface area contributed by atoms with Gasteiger partial charge < -0.3 is 14.8 Å². The van der Waals surface area contributed by atoms with E-state index < -0.39 is 0 Å². The topological polar surface area (TPSA) is 47.6 Å². The highest BCUT2D eigenvalue weighted by Gasteiger charge is 1.98. The van der Waals surface area contributed by atoms with Crippen molar-refractivity contribution in [3.05, 3.63) is 60.2 Å². The number of nitrogens with one attached hydrogen (secondary N) is 1. The molecule has 4 nitrogen and oxygen atoms in total. The lowest BCUT2D eigenvalue weighted by Gasteiger charge is -2.09. The van der Waals surface area contributed by atoms with Crippen LogP contribution < -0.4 is 14.8 Å². The molecule has 0 atom stereocenters. The van der Waals surface area contributed by atoms with Gasteiger partial charge in [0.25, 0.3) is 0 Å². The zero-order valence-electron chi connectivity index (χ0n) is 15.4. The summed E-state index contributed by atoms with van der Waals surface area (Å²) in [6.07, 6.45) is 7.68. The largest absolute Gasteiger partial charge is 0.494 e. The highest BCUT2D eigenvalue weighted by molar-refractivity contribution is 5.45. The fourth-order valence-electron chi connectivity index (χ4n) is 2.66. The molecule has 0 aromatic heterocycles. The van der Waals surface area contributed by atoms with E-state index in [9.17, 15) is 4.79 Å². The summed E-state index contributed by atoms with van der Waals surface area (Å²) >= 11 is 0. The first kappa shape index (κ1) is 19.8. The van der Waals surface area contributed by atoms with Gasteiger partial charge in [-0.25, -0.2) is 0 Å². The van der Waals surface area contributed by atoms with E-state index in [0.717, 1.165) is 49.5 Å². The normalized spacial score (nSPS) is 10.3. The Morgan fingerprint density at radius 2 is 1.35 bits per heavy atom. The molecule has 0 saturated carbocycles. The molecule has 0 saturated heterocycles. The molecule has 26 heavy (non-hydrogen) atoms. The lowest BCUT2D eigenvalue weighted by atomic mass is 10.1. The van der Waals surface area contributed by atoms with Gasteiger partial charge in [-0.05, 0) is 42.7 Å². The molecule has 0 spiro atoms. The van der Waals surface area contributed by atoms with E-state index in [0.29, 0.717) is 6.61 Å². The minimum absolute atomic E-state index is 0.576. The van der Waals surface area contributed by atoms with E-state index in [1.807, 2.05) is 42.5 Å². The van der Waals surface area contributed by atoms with Crippen LogP contribution in [0.25, 0.3) is 0 Å². The van der Waals surface area contributed by atoms with Crippen molar-refractivity contribution in [1.29, 1.82) is 0 Å². The molecule has 1 amide bonds. The summed E-state index contributed by atoms with van der Waals surface area (Å²) in [5.41, 5.74) is 1.16. The summed E-state index contributed by atoms with van der Waals surface area (Å²) in [5, 5.41) is 2.69. The van der Waals surface area contributed by atoms with Crippen LogP contribution in [-0.4, -0.2) is 19.6 Å². The van der Waals surface area contributed by atoms with Gasteiger partial charge in [0, 0.05) is 6.54 Å². The predicted octanol–water partition coefficient (Wildman–Crippen LogP) is 4.73. The zero-order valence-corrected chi connectivity index (χ0v) is 15.4. The molecule has 0 unspecified atom stereocenters. The molecule has 0 fully saturated rings. The summed E-state index contributed by atoms with van der Waals surface area (Å²) < 4.78 is 11.6. The van der Waals surface area contributed by atoms with Crippen LogP contribution in [0.1, 0.15) is 44.1 Å². The molecule has 0 aliphatic heterocycles. The molecule has 2 rings (SSSR count). The fourth-order valence-corrected chi connectivity index (χ4v) is 2.66. The quantitative estimate of drug-likeness (QED) is 0.394. The minimum atomic E-state index is 0.576. The molecule has 140 valence electrons. The number of carbonyl (C=O) groups is 1. The lowest BCUT2D eigenvalue weighted by molar-refractivity contribution is -0.109. The second kappa shape index (κ2) is 12.8. The molecule has 1 N–H and O–H groups in total. The minimum Gasteiger partial charge on any atom is -0.494 e. The Labute approximate surface area is 156 Å². The molecular formula is C22H29NO3. The van der Waals surface area contributed by atoms with Crippen molar-refractivity contribution in [2.24, 2.45) is 0 Å². The van der Waals surface area contributed by atoms with Gasteiger partial charge in [0.2, 0.25) is 6.41 Å². The monoisotopic (exact) mass is 355 g/mol. The van der Waals surface area contributed by atoms with Gasteiger partial charge in [-0.2, -0.15) is 0 Å². The first-order valence-corrected chi connectivity index (χ1v) is 9.45. The smallest absolute Gasteiger partial charge is 0.207 e. The van der Waals surface area contributed by atoms with Crippen LogP contribution in [0, 0.1) is 0 Å². The van der Waals surface area contributed by atoms with E-state index in [4.69, 9.17) is 9.47 Å². The third kappa shape index (κ3) is 8.56. The van der Waals surface area contributed by atoms with E-state index in [1.54, 1.807) is 0 Å². The van der Waals surface area contributed by atoms with E-state index in [1.165, 1.54) is 25.7 Å². The van der Waals surface area contributed by atoms with Gasteiger partial charge in [-0.3, -0.25) is 4.79 Å². The first-order chi connectivity index (χ1) is 12.9. The summed E-state index contributed by atoms with van der Waals surface area (Å²) in [4.78, 5) is 10.1. The van der Waals surface area contributed by atoms with Gasteiger partial charge in [0.15, 0.2) is 0 Å². The molecular weight excluding hydrogens is 326 g/mol. The summed E-state index contributed by atoms with van der Waals surface area (Å²) in [6, 6.07) is 18.0. The van der Waals surface area contributed by atoms with Crippen molar-refractivity contribution in [2.45, 2.75) is 45.1 Å². The molecule has 2 aromatic carbocycles. The van der Waals surface area contributed by atoms with Gasteiger partial charge in [-0.15, -0.1) is 0 Å². The summed E-state index contributed by atoms with van der Waals surface area (Å²) in [6.45, 7) is 2.11. The molecule has 0 bridgehead atoms. The average molecular weight is 355 g/mol. The van der Waals surface area contributed by atoms with Crippen LogP contribution in [0.4, 0.5) is 0 Å². The molecule has 0 aliphatic rings. The van der Waals surface area contributed by atoms with Crippen molar-refractivity contribution in [3.63, 3.8) is 0 Å². The lowest BCUT2D eigenvalue weighted by Crippen LogP contribution is -2.11. The number of carbonyl (C=O) groups excluding carboxylic acids is 1. The van der Waals surface area contributed by atoms with E-state index in [-0.39, 0.29) is 0 Å². The number of rotatable bonds is 14. The van der Waals surface area contributed by atoms with Gasteiger partial charge >= 0.3 is 0 Å². The number of unbranched alkanes of at least 4 members (excludes halogenated alkanes) is 5. The van der Waals surface area contributed by atoms with Crippen molar-refractivity contribution in [3.8, 4) is 11.5 Å². The Bertz CT molecular complexity index is 599. The van der Waals surface area contributed by atoms with Gasteiger partial charge in [0.1, 0.15) is 18.1 Å². The van der Waals surface area contributed by atoms with Crippen molar-refractivity contribution in [1.82, 2.24) is 5.32 Å². The average Bonchev–Trinajstić information content (AvgIpc) is 2.69. The Hall–Kier alpha value is -2.49. The second-order valence-electron chi connectivity index (χ2n) is 6.29. The SMILES string of the molecule is O=CNCCCCCCCCOc1ccc(OCc2ccccc2)cc1. The number of amides is 1. The molecule has 0 radical (unpaired) electrons. The molecule has 4 heteroatoms. The van der Waals surface area contributed by atoms with Crippen molar-refractivity contribution in [2.75, 3.05) is 13.2 Å². The maximum Gasteiger partial charge on any atom is 0.207 e. The summed E-state index contributed by atoms with van der Waals surface area (Å²) in [7, 11) is 0. The van der Waals surface area contributed by atoms with Gasteiger partial charge in [-0.1, -0.05) is 56.0 Å². The molecule has 2 aromatic rings. The van der Waals surface area contributed by atoms with Crippen LogP contribution in [0.3, 0.4) is 0 Å². The highest BCUT2D eigenvalue weighted by atomic mass is 16.5. The van der Waals surface area contributed by atoms with Crippen LogP contribution >= 0.6 is 0 Å². The van der Waals surface area contributed by atoms with Crippen LogP contribution in [0.5, 0.6) is 11.5 Å². The standard InChI is InChI=1S/C22H29NO3/c24-19-23-16-8-3-1-2-4-9-17-25-21-12-14-22(15-13-21)26-18-20-10-6-5-7-11-20/h5-7,10-15,19H,1-4,8-9,16-18H2,(H,23,24). The Morgan fingerprint density at radius 3 is 2.04 bits per heavy atom. The number of ether oxygens (including phenoxy) is 2. The maximum atomic E-state index is 10.1. The highest BCUT2D eigenvalue weighted by Crippen LogP contribution is 2.19. The second-order valence-corrected chi connectivity index (χ2v) is 6.29. The molecule has 0 heterocycles. The maximum absolute atomic E-state index is 10.1.